The molecule has 1 rings (SSSR count). The second-order valence-corrected chi connectivity index (χ2v) is 8.35. The zero-order valence-corrected chi connectivity index (χ0v) is 13.1. The largest absolute Gasteiger partial charge is 0.344 e. The van der Waals surface area contributed by atoms with Crippen molar-refractivity contribution in [3.63, 3.8) is 0 Å². The van der Waals surface area contributed by atoms with E-state index >= 15 is 0 Å². The molecule has 4 unspecified atom stereocenters. The number of carbonyl (C=O) groups excluding carboxylic acids is 1. The number of rotatable bonds is 4. The first-order chi connectivity index (χ1) is 8.61. The molecule has 0 spiro atoms. The fourth-order valence-electron chi connectivity index (χ4n) is 2.72. The van der Waals surface area contributed by atoms with Crippen LogP contribution in [0.5, 0.6) is 0 Å². The smallest absolute Gasteiger partial charge is 0.225 e. The fourth-order valence-corrected chi connectivity index (χ4v) is 3.33. The molecule has 0 aromatic heterocycles. The number of sulfone groups is 1. The van der Waals surface area contributed by atoms with Crippen molar-refractivity contribution in [1.29, 1.82) is 0 Å². The van der Waals surface area contributed by atoms with Gasteiger partial charge >= 0.3 is 0 Å². The molecular weight excluding hydrogens is 264 g/mol. The zero-order chi connectivity index (χ0) is 14.8. The molecule has 0 bridgehead atoms. The quantitative estimate of drug-likeness (QED) is 0.817. The van der Waals surface area contributed by atoms with Crippen molar-refractivity contribution in [3.8, 4) is 0 Å². The average molecular weight is 290 g/mol. The van der Waals surface area contributed by atoms with E-state index < -0.39 is 9.84 Å². The zero-order valence-electron chi connectivity index (χ0n) is 12.3. The normalized spacial score (nSPS) is 32.1. The van der Waals surface area contributed by atoms with Crippen LogP contribution in [0.15, 0.2) is 0 Å². The Hall–Kier alpha value is -0.620. The van der Waals surface area contributed by atoms with E-state index in [-0.39, 0.29) is 30.2 Å². The molecule has 1 aliphatic carbocycles. The minimum Gasteiger partial charge on any atom is -0.344 e. The fraction of sp³-hybridized carbons (Fsp3) is 0.923. The summed E-state index contributed by atoms with van der Waals surface area (Å²) in [5.41, 5.74) is 6.05. The molecular formula is C13H26N2O3S. The average Bonchev–Trinajstić information content (AvgIpc) is 2.29. The minimum atomic E-state index is -3.04. The lowest BCUT2D eigenvalue weighted by molar-refractivity contribution is -0.137. The summed E-state index contributed by atoms with van der Waals surface area (Å²) in [5, 5.41) is 0. The Morgan fingerprint density at radius 2 is 1.84 bits per heavy atom. The molecule has 6 heteroatoms. The molecule has 0 radical (unpaired) electrons. The summed E-state index contributed by atoms with van der Waals surface area (Å²) in [7, 11) is -1.36. The number of nitrogens with zero attached hydrogens (tertiary/aromatic N) is 1. The van der Waals surface area contributed by atoms with E-state index in [2.05, 4.69) is 13.8 Å². The number of carbonyl (C=O) groups is 1. The van der Waals surface area contributed by atoms with Crippen molar-refractivity contribution in [1.82, 2.24) is 4.90 Å². The van der Waals surface area contributed by atoms with Crippen LogP contribution < -0.4 is 5.73 Å². The van der Waals surface area contributed by atoms with Gasteiger partial charge in [0.05, 0.1) is 5.75 Å². The van der Waals surface area contributed by atoms with E-state index in [1.165, 1.54) is 11.2 Å². The Labute approximate surface area is 116 Å². The molecule has 1 aliphatic rings. The van der Waals surface area contributed by atoms with E-state index in [1.807, 2.05) is 0 Å². The minimum absolute atomic E-state index is 0.0127. The van der Waals surface area contributed by atoms with Gasteiger partial charge in [-0.25, -0.2) is 8.42 Å². The van der Waals surface area contributed by atoms with Gasteiger partial charge in [0, 0.05) is 31.8 Å². The summed E-state index contributed by atoms with van der Waals surface area (Å²) in [6.07, 6.45) is 2.84. The number of amides is 1. The lowest BCUT2D eigenvalue weighted by atomic mass is 9.72. The van der Waals surface area contributed by atoms with Gasteiger partial charge in [-0.15, -0.1) is 0 Å². The van der Waals surface area contributed by atoms with Crippen LogP contribution in [0.3, 0.4) is 0 Å². The van der Waals surface area contributed by atoms with Gasteiger partial charge in [-0.3, -0.25) is 4.79 Å². The van der Waals surface area contributed by atoms with Crippen molar-refractivity contribution in [2.45, 2.75) is 32.7 Å². The van der Waals surface area contributed by atoms with Gasteiger partial charge in [0.15, 0.2) is 0 Å². The Morgan fingerprint density at radius 3 is 2.37 bits per heavy atom. The third-order valence-corrected chi connectivity index (χ3v) is 5.10. The van der Waals surface area contributed by atoms with Gasteiger partial charge in [0.2, 0.25) is 5.91 Å². The van der Waals surface area contributed by atoms with Crippen molar-refractivity contribution >= 4 is 15.7 Å². The van der Waals surface area contributed by atoms with Crippen LogP contribution in [-0.2, 0) is 14.6 Å². The first-order valence-electron chi connectivity index (χ1n) is 6.80. The summed E-state index contributed by atoms with van der Waals surface area (Å²) in [6.45, 7) is 4.45. The van der Waals surface area contributed by atoms with Gasteiger partial charge < -0.3 is 10.6 Å². The first kappa shape index (κ1) is 16.4. The number of hydrogen-bond donors (Lipinski definition) is 1. The van der Waals surface area contributed by atoms with E-state index in [9.17, 15) is 13.2 Å². The van der Waals surface area contributed by atoms with Crippen LogP contribution in [-0.4, -0.2) is 50.9 Å². The van der Waals surface area contributed by atoms with Gasteiger partial charge in [-0.05, 0) is 24.7 Å². The summed E-state index contributed by atoms with van der Waals surface area (Å²) >= 11 is 0. The lowest BCUT2D eigenvalue weighted by Gasteiger charge is -2.37. The van der Waals surface area contributed by atoms with Crippen molar-refractivity contribution in [2.75, 3.05) is 25.6 Å². The molecule has 0 heterocycles. The highest BCUT2D eigenvalue weighted by atomic mass is 32.2. The second-order valence-electron chi connectivity index (χ2n) is 6.09. The molecule has 1 amide bonds. The third kappa shape index (κ3) is 4.76. The Balaban J connectivity index is 2.61. The maximum Gasteiger partial charge on any atom is 0.225 e. The van der Waals surface area contributed by atoms with Crippen molar-refractivity contribution in [2.24, 2.45) is 23.5 Å². The predicted molar refractivity (Wildman–Crippen MR) is 76.4 cm³/mol. The molecule has 0 aromatic carbocycles. The monoisotopic (exact) mass is 290 g/mol. The van der Waals surface area contributed by atoms with Crippen LogP contribution in [0.1, 0.15) is 26.7 Å². The van der Waals surface area contributed by atoms with E-state index in [0.717, 1.165) is 6.42 Å². The second kappa shape index (κ2) is 6.22. The molecule has 4 atom stereocenters. The maximum atomic E-state index is 12.4. The SMILES string of the molecule is CC1CC(C)C(C(=O)N(C)CCS(C)(=O)=O)CC1N. The number of hydrogen-bond acceptors (Lipinski definition) is 4. The Bertz CT molecular complexity index is 422. The molecule has 2 N–H and O–H groups in total. The van der Waals surface area contributed by atoms with Crippen molar-refractivity contribution < 1.29 is 13.2 Å². The molecule has 5 nitrogen and oxygen atoms in total. The molecule has 0 aliphatic heterocycles. The standard InChI is InChI=1S/C13H26N2O3S/c1-9-7-10(2)12(14)8-11(9)13(16)15(3)5-6-19(4,17)18/h9-12H,5-8,14H2,1-4H3. The summed E-state index contributed by atoms with van der Waals surface area (Å²) in [6, 6.07) is 0.0634. The molecule has 112 valence electrons. The Kier molecular flexibility index (Phi) is 5.38. The molecule has 19 heavy (non-hydrogen) atoms. The predicted octanol–water partition coefficient (Wildman–Crippen LogP) is 0.499. The van der Waals surface area contributed by atoms with Crippen LogP contribution >= 0.6 is 0 Å². The van der Waals surface area contributed by atoms with Crippen molar-refractivity contribution in [3.05, 3.63) is 0 Å². The summed E-state index contributed by atoms with van der Waals surface area (Å²) in [5.74, 6) is 0.719. The molecule has 0 aromatic rings. The summed E-state index contributed by atoms with van der Waals surface area (Å²) < 4.78 is 22.3. The van der Waals surface area contributed by atoms with Crippen LogP contribution in [0.25, 0.3) is 0 Å². The first-order valence-corrected chi connectivity index (χ1v) is 8.86. The topological polar surface area (TPSA) is 80.5 Å². The highest BCUT2D eigenvalue weighted by Gasteiger charge is 2.36. The molecule has 1 fully saturated rings. The van der Waals surface area contributed by atoms with E-state index in [0.29, 0.717) is 18.3 Å². The van der Waals surface area contributed by atoms with E-state index in [4.69, 9.17) is 5.73 Å². The van der Waals surface area contributed by atoms with Gasteiger partial charge in [-0.2, -0.15) is 0 Å². The molecule has 1 saturated carbocycles. The van der Waals surface area contributed by atoms with Crippen LogP contribution in [0.2, 0.25) is 0 Å². The molecule has 0 saturated heterocycles. The van der Waals surface area contributed by atoms with Crippen LogP contribution in [0.4, 0.5) is 0 Å². The summed E-state index contributed by atoms with van der Waals surface area (Å²) in [4.78, 5) is 13.9. The number of nitrogens with two attached hydrogens (primary N) is 1. The van der Waals surface area contributed by atoms with E-state index in [1.54, 1.807) is 7.05 Å². The lowest BCUT2D eigenvalue weighted by Crippen LogP contribution is -2.46. The van der Waals surface area contributed by atoms with Crippen LogP contribution in [0, 0.1) is 17.8 Å². The third-order valence-electron chi connectivity index (χ3n) is 4.18. The maximum absolute atomic E-state index is 12.4. The highest BCUT2D eigenvalue weighted by molar-refractivity contribution is 7.90. The Morgan fingerprint density at radius 1 is 1.26 bits per heavy atom. The van der Waals surface area contributed by atoms with Gasteiger partial charge in [0.25, 0.3) is 0 Å². The highest BCUT2D eigenvalue weighted by Crippen LogP contribution is 2.33. The van der Waals surface area contributed by atoms with Gasteiger partial charge in [0.1, 0.15) is 9.84 Å². The van der Waals surface area contributed by atoms with Gasteiger partial charge in [-0.1, -0.05) is 13.8 Å².